The van der Waals surface area contributed by atoms with Crippen LogP contribution in [0.2, 0.25) is 5.02 Å². The molecule has 0 bridgehead atoms. The number of methoxy groups -OCH3 is 1. The first-order chi connectivity index (χ1) is 13.3. The van der Waals surface area contributed by atoms with Crippen molar-refractivity contribution in [3.63, 3.8) is 0 Å². The molecule has 4 rings (SSSR count). The Balaban J connectivity index is 1.90. The van der Waals surface area contributed by atoms with E-state index in [0.717, 1.165) is 18.9 Å². The fraction of sp³-hybridized carbons (Fsp3) is 0.278. The maximum Gasteiger partial charge on any atom is 0.433 e. The lowest BCUT2D eigenvalue weighted by atomic mass is 10.1. The highest BCUT2D eigenvalue weighted by atomic mass is 35.5. The standard InChI is InChI=1S/C18H14ClF3N4O2/c1-28-11-4-2-3-9(7-11)12-8-13(18(20,21)22)26-16(24-12)14(19)15(25-26)17(27)23-10-5-6-10/h2-4,7-8,10H,5-6H2,1H3,(H,23,27). The van der Waals surface area contributed by atoms with Gasteiger partial charge in [0.2, 0.25) is 0 Å². The molecule has 0 atom stereocenters. The van der Waals surface area contributed by atoms with Gasteiger partial charge in [-0.2, -0.15) is 18.3 Å². The lowest BCUT2D eigenvalue weighted by Gasteiger charge is -2.11. The molecule has 0 unspecified atom stereocenters. The van der Waals surface area contributed by atoms with Crippen LogP contribution >= 0.6 is 11.6 Å². The van der Waals surface area contributed by atoms with E-state index in [-0.39, 0.29) is 28.1 Å². The summed E-state index contributed by atoms with van der Waals surface area (Å²) in [6.07, 6.45) is -3.08. The molecular weight excluding hydrogens is 397 g/mol. The SMILES string of the molecule is COc1cccc(-c2cc(C(F)(F)F)n3nc(C(=O)NC4CC4)c(Cl)c3n2)c1. The molecule has 1 aliphatic rings. The van der Waals surface area contributed by atoms with Gasteiger partial charge in [-0.3, -0.25) is 4.79 Å². The van der Waals surface area contributed by atoms with Crippen LogP contribution in [0.5, 0.6) is 5.75 Å². The zero-order valence-corrected chi connectivity index (χ0v) is 15.3. The number of carbonyl (C=O) groups excluding carboxylic acids is 1. The van der Waals surface area contributed by atoms with E-state index in [1.54, 1.807) is 24.3 Å². The van der Waals surface area contributed by atoms with Gasteiger partial charge in [-0.25, -0.2) is 9.50 Å². The third-order valence-corrected chi connectivity index (χ3v) is 4.66. The van der Waals surface area contributed by atoms with E-state index >= 15 is 0 Å². The van der Waals surface area contributed by atoms with Crippen LogP contribution in [0.4, 0.5) is 13.2 Å². The van der Waals surface area contributed by atoms with Gasteiger partial charge in [0.25, 0.3) is 5.91 Å². The van der Waals surface area contributed by atoms with Crippen LogP contribution in [0.3, 0.4) is 0 Å². The first-order valence-corrected chi connectivity index (χ1v) is 8.77. The molecule has 3 aromatic rings. The van der Waals surface area contributed by atoms with Crippen molar-refractivity contribution in [2.75, 3.05) is 7.11 Å². The molecule has 0 spiro atoms. The Hall–Kier alpha value is -2.81. The minimum absolute atomic E-state index is 0.00997. The van der Waals surface area contributed by atoms with Crippen molar-refractivity contribution in [2.45, 2.75) is 25.1 Å². The molecular formula is C18H14ClF3N4O2. The smallest absolute Gasteiger partial charge is 0.433 e. The quantitative estimate of drug-likeness (QED) is 0.706. The lowest BCUT2D eigenvalue weighted by Crippen LogP contribution is -2.26. The van der Waals surface area contributed by atoms with Crippen molar-refractivity contribution in [1.29, 1.82) is 0 Å². The molecule has 0 radical (unpaired) electrons. The van der Waals surface area contributed by atoms with E-state index in [1.165, 1.54) is 7.11 Å². The number of nitrogens with one attached hydrogen (secondary N) is 1. The first kappa shape index (κ1) is 18.5. The van der Waals surface area contributed by atoms with Crippen molar-refractivity contribution < 1.29 is 22.7 Å². The van der Waals surface area contributed by atoms with Crippen LogP contribution in [-0.4, -0.2) is 33.7 Å². The number of aromatic nitrogens is 3. The molecule has 0 saturated heterocycles. The van der Waals surface area contributed by atoms with E-state index in [0.29, 0.717) is 15.8 Å². The van der Waals surface area contributed by atoms with Gasteiger partial charge in [0.1, 0.15) is 10.8 Å². The number of fused-ring (bicyclic) bond motifs is 1. The molecule has 1 fully saturated rings. The number of hydrogen-bond acceptors (Lipinski definition) is 4. The van der Waals surface area contributed by atoms with Crippen molar-refractivity contribution >= 4 is 23.2 Å². The highest BCUT2D eigenvalue weighted by Gasteiger charge is 2.37. The molecule has 10 heteroatoms. The van der Waals surface area contributed by atoms with Crippen LogP contribution < -0.4 is 10.1 Å². The lowest BCUT2D eigenvalue weighted by molar-refractivity contribution is -0.142. The van der Waals surface area contributed by atoms with Gasteiger partial charge in [-0.1, -0.05) is 23.7 Å². The van der Waals surface area contributed by atoms with E-state index < -0.39 is 17.8 Å². The van der Waals surface area contributed by atoms with Crippen molar-refractivity contribution in [2.24, 2.45) is 0 Å². The number of nitrogens with zero attached hydrogens (tertiary/aromatic N) is 3. The van der Waals surface area contributed by atoms with Gasteiger partial charge < -0.3 is 10.1 Å². The maximum absolute atomic E-state index is 13.7. The highest BCUT2D eigenvalue weighted by Crippen LogP contribution is 2.35. The van der Waals surface area contributed by atoms with Gasteiger partial charge in [0.05, 0.1) is 12.8 Å². The van der Waals surface area contributed by atoms with Gasteiger partial charge in [0.15, 0.2) is 17.0 Å². The van der Waals surface area contributed by atoms with E-state index in [4.69, 9.17) is 16.3 Å². The molecule has 2 heterocycles. The van der Waals surface area contributed by atoms with Crippen LogP contribution in [0.25, 0.3) is 16.9 Å². The van der Waals surface area contributed by atoms with E-state index in [9.17, 15) is 18.0 Å². The van der Waals surface area contributed by atoms with Crippen LogP contribution in [0.15, 0.2) is 30.3 Å². The van der Waals surface area contributed by atoms with Crippen LogP contribution in [0, 0.1) is 0 Å². The minimum atomic E-state index is -4.73. The molecule has 146 valence electrons. The van der Waals surface area contributed by atoms with Crippen LogP contribution in [-0.2, 0) is 6.18 Å². The number of alkyl halides is 3. The molecule has 1 aromatic carbocycles. The van der Waals surface area contributed by atoms with Crippen LogP contribution in [0.1, 0.15) is 29.0 Å². The predicted octanol–water partition coefficient (Wildman–Crippen LogP) is 3.97. The Morgan fingerprint density at radius 3 is 2.71 bits per heavy atom. The number of amides is 1. The molecule has 1 N–H and O–H groups in total. The Labute approximate surface area is 162 Å². The second-order valence-electron chi connectivity index (χ2n) is 6.40. The van der Waals surface area contributed by atoms with Gasteiger partial charge in [0, 0.05) is 11.6 Å². The summed E-state index contributed by atoms with van der Waals surface area (Å²) >= 11 is 6.20. The topological polar surface area (TPSA) is 68.5 Å². The number of rotatable bonds is 4. The number of hydrogen-bond donors (Lipinski definition) is 1. The summed E-state index contributed by atoms with van der Waals surface area (Å²) in [5, 5.41) is 6.23. The summed E-state index contributed by atoms with van der Waals surface area (Å²) in [6.45, 7) is 0. The third-order valence-electron chi connectivity index (χ3n) is 4.32. The number of benzene rings is 1. The highest BCUT2D eigenvalue weighted by molar-refractivity contribution is 6.36. The van der Waals surface area contributed by atoms with Crippen molar-refractivity contribution in [3.05, 3.63) is 46.7 Å². The Morgan fingerprint density at radius 2 is 2.07 bits per heavy atom. The summed E-state index contributed by atoms with van der Waals surface area (Å²) in [7, 11) is 1.45. The third kappa shape index (κ3) is 3.37. The average molecular weight is 411 g/mol. The first-order valence-electron chi connectivity index (χ1n) is 8.39. The van der Waals surface area contributed by atoms with Gasteiger partial charge in [-0.05, 0) is 31.0 Å². The maximum atomic E-state index is 13.7. The van der Waals surface area contributed by atoms with E-state index in [2.05, 4.69) is 15.4 Å². The molecule has 1 aliphatic carbocycles. The number of ether oxygens (including phenoxy) is 1. The number of halogens is 4. The Kier molecular flexibility index (Phi) is 4.41. The summed E-state index contributed by atoms with van der Waals surface area (Å²) in [5.41, 5.74) is -1.16. The average Bonchev–Trinajstić information content (AvgIpc) is 3.41. The summed E-state index contributed by atoms with van der Waals surface area (Å²) < 4.78 is 46.7. The molecule has 0 aliphatic heterocycles. The molecule has 1 saturated carbocycles. The molecule has 2 aromatic heterocycles. The molecule has 1 amide bonds. The monoisotopic (exact) mass is 410 g/mol. The van der Waals surface area contributed by atoms with Crippen molar-refractivity contribution in [1.82, 2.24) is 19.9 Å². The minimum Gasteiger partial charge on any atom is -0.497 e. The largest absolute Gasteiger partial charge is 0.497 e. The van der Waals surface area contributed by atoms with Gasteiger partial charge >= 0.3 is 6.18 Å². The molecule has 6 nitrogen and oxygen atoms in total. The van der Waals surface area contributed by atoms with Gasteiger partial charge in [-0.15, -0.1) is 0 Å². The fourth-order valence-corrected chi connectivity index (χ4v) is 3.00. The predicted molar refractivity (Wildman–Crippen MR) is 95.5 cm³/mol. The summed E-state index contributed by atoms with van der Waals surface area (Å²) in [4.78, 5) is 16.5. The summed E-state index contributed by atoms with van der Waals surface area (Å²) in [5.74, 6) is -0.147. The zero-order chi connectivity index (χ0) is 20.1. The summed E-state index contributed by atoms with van der Waals surface area (Å²) in [6, 6.07) is 7.35. The molecule has 28 heavy (non-hydrogen) atoms. The Morgan fingerprint density at radius 1 is 1.32 bits per heavy atom. The second kappa shape index (κ2) is 6.66. The normalized spacial score (nSPS) is 14.3. The van der Waals surface area contributed by atoms with E-state index in [1.807, 2.05) is 0 Å². The second-order valence-corrected chi connectivity index (χ2v) is 6.78. The van der Waals surface area contributed by atoms with Crippen molar-refractivity contribution in [3.8, 4) is 17.0 Å². The number of carbonyl (C=O) groups is 1. The zero-order valence-electron chi connectivity index (χ0n) is 14.5. The fourth-order valence-electron chi connectivity index (χ4n) is 2.75. The Bertz CT molecular complexity index is 1080.